The van der Waals surface area contributed by atoms with Crippen molar-refractivity contribution in [3.63, 3.8) is 0 Å². The number of nitrogens with one attached hydrogen (secondary N) is 1. The summed E-state index contributed by atoms with van der Waals surface area (Å²) in [4.78, 5) is 24.3. The number of halogens is 1. The van der Waals surface area contributed by atoms with E-state index in [2.05, 4.69) is 27.8 Å². The van der Waals surface area contributed by atoms with Crippen molar-refractivity contribution in [2.45, 2.75) is 13.8 Å². The molecule has 0 atom stereocenters. The van der Waals surface area contributed by atoms with Crippen LogP contribution in [0.2, 0.25) is 0 Å². The number of amides is 1. The molecule has 0 unspecified atom stereocenters. The Kier molecular flexibility index (Phi) is 9.05. The second kappa shape index (κ2) is 11.7. The third kappa shape index (κ3) is 6.72. The lowest BCUT2D eigenvalue weighted by atomic mass is 10.1. The number of hydrogen-bond donors (Lipinski definition) is 1. The molecule has 0 aliphatic rings. The van der Waals surface area contributed by atoms with Gasteiger partial charge < -0.3 is 19.5 Å². The molecule has 1 N–H and O–H groups in total. The van der Waals surface area contributed by atoms with Gasteiger partial charge in [-0.15, -0.1) is 6.58 Å². The fraction of sp³-hybridized carbons (Fsp3) is 0.208. The van der Waals surface area contributed by atoms with Crippen molar-refractivity contribution in [1.29, 1.82) is 5.26 Å². The number of methoxy groups -OCH3 is 1. The van der Waals surface area contributed by atoms with Crippen molar-refractivity contribution in [2.24, 2.45) is 0 Å². The van der Waals surface area contributed by atoms with Crippen LogP contribution in [0.15, 0.2) is 53.0 Å². The van der Waals surface area contributed by atoms with Gasteiger partial charge in [0.2, 0.25) is 0 Å². The number of aryl methyl sites for hydroxylation is 2. The quantitative estimate of drug-likeness (QED) is 0.182. The van der Waals surface area contributed by atoms with Gasteiger partial charge in [0.15, 0.2) is 18.1 Å². The van der Waals surface area contributed by atoms with Gasteiger partial charge in [-0.05, 0) is 60.9 Å². The molecule has 0 aliphatic heterocycles. The number of benzene rings is 2. The molecule has 0 aliphatic carbocycles. The molecule has 2 aromatic carbocycles. The van der Waals surface area contributed by atoms with Crippen LogP contribution < -0.4 is 19.5 Å². The minimum Gasteiger partial charge on any atom is -0.493 e. The Morgan fingerprint density at radius 2 is 1.88 bits per heavy atom. The van der Waals surface area contributed by atoms with Gasteiger partial charge in [-0.2, -0.15) is 5.26 Å². The lowest BCUT2D eigenvalue weighted by Crippen LogP contribution is -2.24. The summed E-state index contributed by atoms with van der Waals surface area (Å²) in [5.74, 6) is -0.0345. The smallest absolute Gasteiger partial charge is 0.349 e. The molecule has 166 valence electrons. The maximum Gasteiger partial charge on any atom is 0.349 e. The molecule has 7 nitrogen and oxygen atoms in total. The predicted molar refractivity (Wildman–Crippen MR) is 125 cm³/mol. The number of esters is 1. The molecule has 0 heterocycles. The summed E-state index contributed by atoms with van der Waals surface area (Å²) < 4.78 is 17.2. The van der Waals surface area contributed by atoms with Crippen molar-refractivity contribution in [2.75, 3.05) is 20.3 Å². The summed E-state index contributed by atoms with van der Waals surface area (Å²) in [6.45, 7) is 7.26. The lowest BCUT2D eigenvalue weighted by Gasteiger charge is -2.13. The average Bonchev–Trinajstić information content (AvgIpc) is 2.75. The Balaban J connectivity index is 2.12. The zero-order valence-electron chi connectivity index (χ0n) is 18.0. The minimum absolute atomic E-state index is 0.0766. The first-order valence-corrected chi connectivity index (χ1v) is 10.4. The summed E-state index contributed by atoms with van der Waals surface area (Å²) in [6, 6.07) is 10.3. The fourth-order valence-electron chi connectivity index (χ4n) is 2.84. The Morgan fingerprint density at radius 3 is 2.47 bits per heavy atom. The minimum atomic E-state index is -0.602. The highest BCUT2D eigenvalue weighted by Gasteiger charge is 2.14. The first-order chi connectivity index (χ1) is 15.3. The summed E-state index contributed by atoms with van der Waals surface area (Å²) in [7, 11) is 1.42. The molecule has 0 aromatic heterocycles. The maximum absolute atomic E-state index is 12.3. The summed E-state index contributed by atoms with van der Waals surface area (Å²) in [6.07, 6.45) is 2.93. The monoisotopic (exact) mass is 498 g/mol. The third-order valence-electron chi connectivity index (χ3n) is 4.25. The van der Waals surface area contributed by atoms with Crippen LogP contribution in [0, 0.1) is 25.2 Å². The zero-order chi connectivity index (χ0) is 23.7. The number of nitrogens with zero attached hydrogens (tertiary/aromatic N) is 1. The number of hydrogen-bond acceptors (Lipinski definition) is 6. The van der Waals surface area contributed by atoms with E-state index in [9.17, 15) is 14.9 Å². The lowest BCUT2D eigenvalue weighted by molar-refractivity contribution is -0.136. The summed E-state index contributed by atoms with van der Waals surface area (Å²) in [5, 5.41) is 11.8. The Hall–Kier alpha value is -3.57. The van der Waals surface area contributed by atoms with E-state index in [0.29, 0.717) is 11.3 Å². The third-order valence-corrected chi connectivity index (χ3v) is 4.71. The van der Waals surface area contributed by atoms with Crippen LogP contribution in [-0.2, 0) is 9.59 Å². The summed E-state index contributed by atoms with van der Waals surface area (Å²) in [5.41, 5.74) is 2.24. The molecule has 8 heteroatoms. The molecule has 1 amide bonds. The van der Waals surface area contributed by atoms with Crippen LogP contribution in [0.1, 0.15) is 16.7 Å². The van der Waals surface area contributed by atoms with Crippen LogP contribution in [0.4, 0.5) is 0 Å². The largest absolute Gasteiger partial charge is 0.493 e. The van der Waals surface area contributed by atoms with E-state index in [4.69, 9.17) is 14.2 Å². The molecule has 2 rings (SSSR count). The second-order valence-corrected chi connectivity index (χ2v) is 7.63. The number of nitriles is 1. The van der Waals surface area contributed by atoms with Crippen molar-refractivity contribution in [3.05, 3.63) is 69.7 Å². The number of carbonyl (C=O) groups excluding carboxylic acids is 2. The van der Waals surface area contributed by atoms with Gasteiger partial charge in [-0.25, -0.2) is 4.79 Å². The van der Waals surface area contributed by atoms with Crippen molar-refractivity contribution in [3.8, 4) is 23.3 Å². The molecule has 0 bridgehead atoms. The van der Waals surface area contributed by atoms with Gasteiger partial charge in [0.1, 0.15) is 17.4 Å². The zero-order valence-corrected chi connectivity index (χ0v) is 19.6. The summed E-state index contributed by atoms with van der Waals surface area (Å²) >= 11 is 3.42. The Morgan fingerprint density at radius 1 is 1.19 bits per heavy atom. The van der Waals surface area contributed by atoms with Gasteiger partial charge in [0.05, 0.1) is 7.11 Å². The van der Waals surface area contributed by atoms with Crippen molar-refractivity contribution >= 4 is 33.9 Å². The molecule has 2 aromatic rings. The number of rotatable bonds is 9. The average molecular weight is 499 g/mol. The van der Waals surface area contributed by atoms with E-state index in [0.717, 1.165) is 15.6 Å². The van der Waals surface area contributed by atoms with E-state index in [1.807, 2.05) is 32.0 Å². The highest BCUT2D eigenvalue weighted by molar-refractivity contribution is 9.10. The fourth-order valence-corrected chi connectivity index (χ4v) is 3.53. The molecule has 0 fully saturated rings. The van der Waals surface area contributed by atoms with Crippen molar-refractivity contribution < 1.29 is 23.8 Å². The topological polar surface area (TPSA) is 97.7 Å². The van der Waals surface area contributed by atoms with Gasteiger partial charge in [0.25, 0.3) is 5.91 Å². The molecule has 32 heavy (non-hydrogen) atoms. The molecule has 0 saturated carbocycles. The second-order valence-electron chi connectivity index (χ2n) is 6.71. The van der Waals surface area contributed by atoms with Crippen LogP contribution in [-0.4, -0.2) is 32.1 Å². The number of carbonyl (C=O) groups is 2. The van der Waals surface area contributed by atoms with E-state index in [1.165, 1.54) is 25.3 Å². The van der Waals surface area contributed by atoms with Gasteiger partial charge in [0, 0.05) is 11.0 Å². The molecular formula is C24H23BrN2O5. The highest BCUT2D eigenvalue weighted by atomic mass is 79.9. The Bertz CT molecular complexity index is 1080. The first-order valence-electron chi connectivity index (χ1n) is 9.58. The number of ether oxygens (including phenoxy) is 3. The predicted octanol–water partition coefficient (Wildman–Crippen LogP) is 4.27. The van der Waals surface area contributed by atoms with E-state index >= 15 is 0 Å². The van der Waals surface area contributed by atoms with Crippen LogP contribution >= 0.6 is 15.9 Å². The maximum atomic E-state index is 12.3. The van der Waals surface area contributed by atoms with Crippen LogP contribution in [0.5, 0.6) is 17.2 Å². The molecule has 0 spiro atoms. The standard InChI is InChI=1S/C24H23BrN2O5/c1-5-8-27-24(29)18(13-26)11-17-6-7-20(21(12-17)30-4)32-22(28)14-31-23-15(2)9-19(25)10-16(23)3/h5-7,9-12H,1,8,14H2,2-4H3,(H,27,29). The normalized spacial score (nSPS) is 10.7. The highest BCUT2D eigenvalue weighted by Crippen LogP contribution is 2.30. The van der Waals surface area contributed by atoms with Crippen LogP contribution in [0.25, 0.3) is 6.08 Å². The SMILES string of the molecule is C=CCNC(=O)C(C#N)=Cc1ccc(OC(=O)COc2c(C)cc(Br)cc2C)c(OC)c1. The van der Waals surface area contributed by atoms with Crippen molar-refractivity contribution in [1.82, 2.24) is 5.32 Å². The van der Waals surface area contributed by atoms with Crippen LogP contribution in [0.3, 0.4) is 0 Å². The molecule has 0 saturated heterocycles. The first kappa shape index (κ1) is 24.7. The van der Waals surface area contributed by atoms with Gasteiger partial charge in [-0.3, -0.25) is 4.79 Å². The van der Waals surface area contributed by atoms with Gasteiger partial charge >= 0.3 is 5.97 Å². The molecular weight excluding hydrogens is 476 g/mol. The van der Waals surface area contributed by atoms with E-state index < -0.39 is 11.9 Å². The van der Waals surface area contributed by atoms with Gasteiger partial charge in [-0.1, -0.05) is 28.1 Å². The Labute approximate surface area is 195 Å². The van der Waals surface area contributed by atoms with E-state index in [1.54, 1.807) is 12.1 Å². The molecule has 0 radical (unpaired) electrons. The van der Waals surface area contributed by atoms with E-state index in [-0.39, 0.29) is 30.2 Å².